The van der Waals surface area contributed by atoms with E-state index in [1.54, 1.807) is 23.4 Å². The van der Waals surface area contributed by atoms with Crippen LogP contribution in [0.4, 0.5) is 0 Å². The highest BCUT2D eigenvalue weighted by atomic mass is 32.2. The first kappa shape index (κ1) is 18.3. The normalized spacial score (nSPS) is 11.1. The number of aromatic nitrogens is 3. The largest absolute Gasteiger partial charge is 0.496 e. The van der Waals surface area contributed by atoms with Crippen LogP contribution < -0.4 is 10.4 Å². The van der Waals surface area contributed by atoms with E-state index >= 15 is 0 Å². The van der Waals surface area contributed by atoms with Gasteiger partial charge in [-0.3, -0.25) is 0 Å². The van der Waals surface area contributed by atoms with E-state index in [0.29, 0.717) is 11.1 Å². The molecule has 0 spiro atoms. The third-order valence-electron chi connectivity index (χ3n) is 4.32. The van der Waals surface area contributed by atoms with Crippen LogP contribution in [-0.2, 0) is 5.75 Å². The highest BCUT2D eigenvalue weighted by Gasteiger charge is 2.14. The molecule has 1 N–H and O–H groups in total. The molecule has 3 aromatic rings. The monoisotopic (exact) mass is 369 g/mol. The fourth-order valence-corrected chi connectivity index (χ4v) is 3.88. The summed E-state index contributed by atoms with van der Waals surface area (Å²) in [5.41, 5.74) is 4.16. The standard InChI is InChI=1S/C20H23N3O2S/c1-13(2)17-11-15(14(3)10-18(17)25-4)12-26-20-22-21-19(24)23(20)16-8-6-5-7-9-16/h5-11,13H,12H2,1-4H3,(H,21,24). The van der Waals surface area contributed by atoms with Crippen LogP contribution in [0.3, 0.4) is 0 Å². The zero-order valence-corrected chi connectivity index (χ0v) is 16.3. The summed E-state index contributed by atoms with van der Waals surface area (Å²) >= 11 is 1.54. The minimum absolute atomic E-state index is 0.229. The Labute approximate surface area is 157 Å². The zero-order valence-electron chi connectivity index (χ0n) is 15.4. The van der Waals surface area contributed by atoms with Crippen LogP contribution in [0.5, 0.6) is 5.75 Å². The molecule has 0 saturated carbocycles. The van der Waals surface area contributed by atoms with Crippen molar-refractivity contribution in [3.8, 4) is 11.4 Å². The van der Waals surface area contributed by atoms with Crippen molar-refractivity contribution in [1.29, 1.82) is 0 Å². The molecule has 1 heterocycles. The van der Waals surface area contributed by atoms with Gasteiger partial charge in [-0.2, -0.15) is 0 Å². The molecule has 0 atom stereocenters. The van der Waals surface area contributed by atoms with Crippen molar-refractivity contribution >= 4 is 11.8 Å². The number of ether oxygens (including phenoxy) is 1. The Bertz CT molecular complexity index is 945. The fraction of sp³-hybridized carbons (Fsp3) is 0.300. The summed E-state index contributed by atoms with van der Waals surface area (Å²) in [6.45, 7) is 6.40. The van der Waals surface area contributed by atoms with Gasteiger partial charge >= 0.3 is 5.69 Å². The second-order valence-electron chi connectivity index (χ2n) is 6.45. The molecule has 1 aromatic heterocycles. The van der Waals surface area contributed by atoms with Gasteiger partial charge in [0.15, 0.2) is 5.16 Å². The summed E-state index contributed by atoms with van der Waals surface area (Å²) in [5, 5.41) is 7.40. The molecule has 0 radical (unpaired) electrons. The number of hydrogen-bond donors (Lipinski definition) is 1. The topological polar surface area (TPSA) is 59.9 Å². The van der Waals surface area contributed by atoms with Gasteiger partial charge < -0.3 is 4.74 Å². The Morgan fingerprint density at radius 1 is 1.23 bits per heavy atom. The van der Waals surface area contributed by atoms with Gasteiger partial charge in [-0.1, -0.05) is 49.9 Å². The second-order valence-corrected chi connectivity index (χ2v) is 7.39. The van der Waals surface area contributed by atoms with Crippen LogP contribution >= 0.6 is 11.8 Å². The average Bonchev–Trinajstić information content (AvgIpc) is 3.01. The maximum atomic E-state index is 12.2. The lowest BCUT2D eigenvalue weighted by molar-refractivity contribution is 0.407. The van der Waals surface area contributed by atoms with Gasteiger partial charge in [0.05, 0.1) is 12.8 Å². The molecule has 0 aliphatic heterocycles. The molecule has 0 bridgehead atoms. The summed E-state index contributed by atoms with van der Waals surface area (Å²) in [4.78, 5) is 12.2. The van der Waals surface area contributed by atoms with Crippen LogP contribution in [-0.4, -0.2) is 21.9 Å². The molecule has 0 fully saturated rings. The SMILES string of the molecule is COc1cc(C)c(CSc2n[nH]c(=O)n2-c2ccccc2)cc1C(C)C. The highest BCUT2D eigenvalue weighted by molar-refractivity contribution is 7.98. The van der Waals surface area contributed by atoms with Crippen molar-refractivity contribution in [3.05, 3.63) is 69.6 Å². The third-order valence-corrected chi connectivity index (χ3v) is 5.31. The van der Waals surface area contributed by atoms with E-state index in [4.69, 9.17) is 4.74 Å². The Kier molecular flexibility index (Phi) is 5.52. The molecular weight excluding hydrogens is 346 g/mol. The van der Waals surface area contributed by atoms with Crippen LogP contribution in [0, 0.1) is 6.92 Å². The number of hydrogen-bond acceptors (Lipinski definition) is 4. The average molecular weight is 369 g/mol. The van der Waals surface area contributed by atoms with Crippen molar-refractivity contribution in [1.82, 2.24) is 14.8 Å². The van der Waals surface area contributed by atoms with E-state index in [9.17, 15) is 4.79 Å². The van der Waals surface area contributed by atoms with E-state index < -0.39 is 0 Å². The Balaban J connectivity index is 1.89. The number of thioether (sulfide) groups is 1. The van der Waals surface area contributed by atoms with Gasteiger partial charge in [0.25, 0.3) is 0 Å². The molecule has 2 aromatic carbocycles. The van der Waals surface area contributed by atoms with E-state index in [1.807, 2.05) is 30.3 Å². The molecule has 26 heavy (non-hydrogen) atoms. The van der Waals surface area contributed by atoms with Crippen LogP contribution in [0.15, 0.2) is 52.4 Å². The van der Waals surface area contributed by atoms with Gasteiger partial charge in [-0.15, -0.1) is 5.10 Å². The number of nitrogens with zero attached hydrogens (tertiary/aromatic N) is 2. The number of H-pyrrole nitrogens is 1. The number of methoxy groups -OCH3 is 1. The number of aromatic amines is 1. The highest BCUT2D eigenvalue weighted by Crippen LogP contribution is 2.32. The second kappa shape index (κ2) is 7.83. The molecule has 0 aliphatic carbocycles. The molecule has 5 nitrogen and oxygen atoms in total. The first-order valence-corrected chi connectivity index (χ1v) is 9.53. The van der Waals surface area contributed by atoms with Crippen molar-refractivity contribution in [3.63, 3.8) is 0 Å². The maximum absolute atomic E-state index is 12.2. The summed E-state index contributed by atoms with van der Waals surface area (Å²) in [6.07, 6.45) is 0. The predicted molar refractivity (Wildman–Crippen MR) is 106 cm³/mol. The summed E-state index contributed by atoms with van der Waals surface area (Å²) in [5.74, 6) is 2.03. The Morgan fingerprint density at radius 3 is 2.62 bits per heavy atom. The minimum atomic E-state index is -0.229. The van der Waals surface area contributed by atoms with E-state index in [2.05, 4.69) is 43.1 Å². The van der Waals surface area contributed by atoms with Gasteiger partial charge in [-0.05, 0) is 47.7 Å². The lowest BCUT2D eigenvalue weighted by Crippen LogP contribution is -2.15. The van der Waals surface area contributed by atoms with Gasteiger partial charge in [0.1, 0.15) is 5.75 Å². The predicted octanol–water partition coefficient (Wildman–Crippen LogP) is 4.29. The van der Waals surface area contributed by atoms with Crippen molar-refractivity contribution in [2.75, 3.05) is 7.11 Å². The smallest absolute Gasteiger partial charge is 0.348 e. The van der Waals surface area contributed by atoms with Crippen LogP contribution in [0.1, 0.15) is 36.5 Å². The minimum Gasteiger partial charge on any atom is -0.496 e. The van der Waals surface area contributed by atoms with E-state index in [1.165, 1.54) is 16.7 Å². The Morgan fingerprint density at radius 2 is 1.96 bits per heavy atom. The maximum Gasteiger partial charge on any atom is 0.348 e. The zero-order chi connectivity index (χ0) is 18.7. The molecule has 6 heteroatoms. The van der Waals surface area contributed by atoms with Gasteiger partial charge in [-0.25, -0.2) is 14.5 Å². The van der Waals surface area contributed by atoms with E-state index in [0.717, 1.165) is 17.2 Å². The molecular formula is C20H23N3O2S. The number of benzene rings is 2. The van der Waals surface area contributed by atoms with Gasteiger partial charge in [0.2, 0.25) is 0 Å². The fourth-order valence-electron chi connectivity index (χ4n) is 2.86. The molecule has 3 rings (SSSR count). The van der Waals surface area contributed by atoms with Crippen molar-refractivity contribution < 1.29 is 4.74 Å². The van der Waals surface area contributed by atoms with Crippen LogP contribution in [0.25, 0.3) is 5.69 Å². The number of aryl methyl sites for hydroxylation is 1. The molecule has 0 aliphatic rings. The van der Waals surface area contributed by atoms with Crippen LogP contribution in [0.2, 0.25) is 0 Å². The number of nitrogens with one attached hydrogen (secondary N) is 1. The van der Waals surface area contributed by atoms with Gasteiger partial charge in [0, 0.05) is 5.75 Å². The van der Waals surface area contributed by atoms with Crippen molar-refractivity contribution in [2.24, 2.45) is 0 Å². The van der Waals surface area contributed by atoms with E-state index in [-0.39, 0.29) is 5.69 Å². The lowest BCUT2D eigenvalue weighted by atomic mass is 9.97. The summed E-state index contributed by atoms with van der Waals surface area (Å²) in [6, 6.07) is 13.8. The first-order valence-electron chi connectivity index (χ1n) is 8.54. The summed E-state index contributed by atoms with van der Waals surface area (Å²) in [7, 11) is 1.71. The quantitative estimate of drug-likeness (QED) is 0.658. The molecule has 0 amide bonds. The third kappa shape index (κ3) is 3.70. The number of para-hydroxylation sites is 1. The number of rotatable bonds is 6. The van der Waals surface area contributed by atoms with Crippen molar-refractivity contribution in [2.45, 2.75) is 37.6 Å². The Hall–Kier alpha value is -2.47. The lowest BCUT2D eigenvalue weighted by Gasteiger charge is -2.16. The molecule has 0 saturated heterocycles. The molecule has 136 valence electrons. The first-order chi connectivity index (χ1) is 12.5. The molecule has 0 unspecified atom stereocenters. The summed E-state index contributed by atoms with van der Waals surface area (Å²) < 4.78 is 7.12.